The van der Waals surface area contributed by atoms with Gasteiger partial charge in [0.25, 0.3) is 0 Å². The van der Waals surface area contributed by atoms with E-state index in [4.69, 9.17) is 4.74 Å². The molecular weight excluding hydrogens is 385 g/mol. The highest BCUT2D eigenvalue weighted by atomic mass is 19.1. The van der Waals surface area contributed by atoms with Crippen molar-refractivity contribution in [3.8, 4) is 17.0 Å². The van der Waals surface area contributed by atoms with E-state index in [1.807, 2.05) is 36.4 Å². The first-order valence-electron chi connectivity index (χ1n) is 9.67. The quantitative estimate of drug-likeness (QED) is 0.715. The monoisotopic (exact) mass is 407 g/mol. The van der Waals surface area contributed by atoms with Crippen molar-refractivity contribution in [3.05, 3.63) is 66.5 Å². The highest BCUT2D eigenvalue weighted by Crippen LogP contribution is 2.23. The van der Waals surface area contributed by atoms with E-state index in [1.165, 1.54) is 12.1 Å². The van der Waals surface area contributed by atoms with Crippen molar-refractivity contribution in [2.45, 2.75) is 0 Å². The van der Waals surface area contributed by atoms with Crippen molar-refractivity contribution in [1.82, 2.24) is 15.1 Å². The number of amides is 2. The number of halogens is 1. The van der Waals surface area contributed by atoms with Gasteiger partial charge in [-0.2, -0.15) is 0 Å². The van der Waals surface area contributed by atoms with Crippen LogP contribution in [0.2, 0.25) is 0 Å². The number of carbonyl (C=O) groups excluding carboxylic acids is 1. The van der Waals surface area contributed by atoms with Crippen LogP contribution in [-0.2, 0) is 0 Å². The number of hydrogen-bond donors (Lipinski definition) is 1. The zero-order chi connectivity index (χ0) is 20.9. The van der Waals surface area contributed by atoms with Crippen LogP contribution in [-0.4, -0.2) is 54.4 Å². The normalized spacial score (nSPS) is 13.8. The molecule has 7 nitrogen and oxygen atoms in total. The molecule has 1 aliphatic heterocycles. The van der Waals surface area contributed by atoms with Crippen LogP contribution >= 0.6 is 0 Å². The van der Waals surface area contributed by atoms with E-state index in [9.17, 15) is 9.18 Å². The Labute approximate surface area is 174 Å². The van der Waals surface area contributed by atoms with Crippen molar-refractivity contribution in [1.29, 1.82) is 0 Å². The van der Waals surface area contributed by atoms with Gasteiger partial charge in [-0.3, -0.25) is 0 Å². The third kappa shape index (κ3) is 4.48. The van der Waals surface area contributed by atoms with E-state index in [0.29, 0.717) is 31.9 Å². The van der Waals surface area contributed by atoms with Crippen LogP contribution in [0.3, 0.4) is 0 Å². The summed E-state index contributed by atoms with van der Waals surface area (Å²) in [6, 6.07) is 17.2. The van der Waals surface area contributed by atoms with Gasteiger partial charge >= 0.3 is 6.03 Å². The van der Waals surface area contributed by atoms with Gasteiger partial charge in [-0.1, -0.05) is 18.2 Å². The lowest BCUT2D eigenvalue weighted by atomic mass is 10.1. The first kappa shape index (κ1) is 19.6. The van der Waals surface area contributed by atoms with Crippen molar-refractivity contribution in [3.63, 3.8) is 0 Å². The number of ether oxygens (including phenoxy) is 1. The van der Waals surface area contributed by atoms with Crippen LogP contribution in [0.5, 0.6) is 5.75 Å². The van der Waals surface area contributed by atoms with Gasteiger partial charge in [0, 0.05) is 37.4 Å². The Morgan fingerprint density at radius 1 is 1.00 bits per heavy atom. The largest absolute Gasteiger partial charge is 0.497 e. The molecule has 1 aromatic heterocycles. The molecule has 1 N–H and O–H groups in total. The molecule has 2 heterocycles. The van der Waals surface area contributed by atoms with E-state index in [2.05, 4.69) is 20.4 Å². The Morgan fingerprint density at radius 3 is 2.50 bits per heavy atom. The molecule has 2 amide bonds. The topological polar surface area (TPSA) is 70.6 Å². The Hall–Kier alpha value is -3.68. The molecule has 2 aromatic carbocycles. The fourth-order valence-corrected chi connectivity index (χ4v) is 3.34. The third-order valence-corrected chi connectivity index (χ3v) is 4.98. The van der Waals surface area contributed by atoms with Crippen LogP contribution in [0, 0.1) is 5.82 Å². The number of aromatic nitrogens is 2. The molecule has 0 spiro atoms. The number of hydrogen-bond acceptors (Lipinski definition) is 5. The average Bonchev–Trinajstić information content (AvgIpc) is 2.79. The van der Waals surface area contributed by atoms with Gasteiger partial charge < -0.3 is 19.9 Å². The molecule has 0 radical (unpaired) electrons. The summed E-state index contributed by atoms with van der Waals surface area (Å²) in [5, 5.41) is 11.4. The molecule has 154 valence electrons. The lowest BCUT2D eigenvalue weighted by Crippen LogP contribution is -2.50. The van der Waals surface area contributed by atoms with Crippen molar-refractivity contribution in [2.75, 3.05) is 43.5 Å². The third-order valence-electron chi connectivity index (χ3n) is 4.98. The number of nitrogens with zero attached hydrogens (tertiary/aromatic N) is 4. The maximum absolute atomic E-state index is 13.3. The lowest BCUT2D eigenvalue weighted by molar-refractivity contribution is 0.208. The summed E-state index contributed by atoms with van der Waals surface area (Å²) in [4.78, 5) is 16.2. The van der Waals surface area contributed by atoms with E-state index in [0.717, 1.165) is 22.8 Å². The Kier molecular flexibility index (Phi) is 5.74. The number of rotatable bonds is 4. The molecule has 0 saturated carbocycles. The number of nitrogens with one attached hydrogen (secondary N) is 1. The van der Waals surface area contributed by atoms with Crippen LogP contribution in [0.1, 0.15) is 0 Å². The van der Waals surface area contributed by atoms with Gasteiger partial charge in [-0.25, -0.2) is 9.18 Å². The second-order valence-electron chi connectivity index (χ2n) is 6.92. The predicted molar refractivity (Wildman–Crippen MR) is 113 cm³/mol. The SMILES string of the molecule is COc1cccc(-c2ccc(N3CCN(C(=O)Nc4cccc(F)c4)CC3)nn2)c1. The van der Waals surface area contributed by atoms with E-state index >= 15 is 0 Å². The van der Waals surface area contributed by atoms with Gasteiger partial charge in [0.15, 0.2) is 5.82 Å². The molecule has 0 bridgehead atoms. The van der Waals surface area contributed by atoms with Crippen molar-refractivity contribution in [2.24, 2.45) is 0 Å². The minimum Gasteiger partial charge on any atom is -0.497 e. The summed E-state index contributed by atoms with van der Waals surface area (Å²) in [6.45, 7) is 2.37. The molecule has 1 saturated heterocycles. The standard InChI is InChI=1S/C22H22FN5O2/c1-30-19-7-2-4-16(14-19)20-8-9-21(26-25-20)27-10-12-28(13-11-27)22(29)24-18-6-3-5-17(23)15-18/h2-9,14-15H,10-13H2,1H3,(H,24,29). The van der Waals surface area contributed by atoms with Gasteiger partial charge in [0.05, 0.1) is 12.8 Å². The summed E-state index contributed by atoms with van der Waals surface area (Å²) < 4.78 is 18.5. The van der Waals surface area contributed by atoms with Crippen LogP contribution < -0.4 is 15.0 Å². The zero-order valence-electron chi connectivity index (χ0n) is 16.6. The molecule has 0 unspecified atom stereocenters. The molecule has 1 fully saturated rings. The lowest BCUT2D eigenvalue weighted by Gasteiger charge is -2.35. The summed E-state index contributed by atoms with van der Waals surface area (Å²) in [5.41, 5.74) is 2.15. The molecule has 4 rings (SSSR count). The van der Waals surface area contributed by atoms with Gasteiger partial charge in [0.1, 0.15) is 11.6 Å². The first-order chi connectivity index (χ1) is 14.6. The first-order valence-corrected chi connectivity index (χ1v) is 9.67. The summed E-state index contributed by atoms with van der Waals surface area (Å²) in [5.74, 6) is 1.16. The van der Waals surface area contributed by atoms with E-state index < -0.39 is 0 Å². The highest BCUT2D eigenvalue weighted by Gasteiger charge is 2.22. The smallest absolute Gasteiger partial charge is 0.321 e. The van der Waals surface area contributed by atoms with Crippen LogP contribution in [0.25, 0.3) is 11.3 Å². The van der Waals surface area contributed by atoms with Gasteiger partial charge in [-0.15, -0.1) is 10.2 Å². The number of anilines is 2. The average molecular weight is 407 g/mol. The summed E-state index contributed by atoms with van der Waals surface area (Å²) in [6.07, 6.45) is 0. The minimum atomic E-state index is -0.381. The number of methoxy groups -OCH3 is 1. The Morgan fingerprint density at radius 2 is 1.80 bits per heavy atom. The van der Waals surface area contributed by atoms with Crippen molar-refractivity contribution < 1.29 is 13.9 Å². The van der Waals surface area contributed by atoms with Crippen molar-refractivity contribution >= 4 is 17.5 Å². The number of benzene rings is 2. The molecule has 0 atom stereocenters. The number of urea groups is 1. The molecule has 8 heteroatoms. The predicted octanol–water partition coefficient (Wildman–Crippen LogP) is 3.65. The molecule has 0 aliphatic carbocycles. The van der Waals surface area contributed by atoms with Gasteiger partial charge in [0.2, 0.25) is 0 Å². The Bertz CT molecular complexity index is 1020. The zero-order valence-corrected chi connectivity index (χ0v) is 16.6. The Balaban J connectivity index is 1.35. The van der Waals surface area contributed by atoms with Gasteiger partial charge in [-0.05, 0) is 42.5 Å². The molecule has 3 aromatic rings. The second kappa shape index (κ2) is 8.77. The van der Waals surface area contributed by atoms with Crippen LogP contribution in [0.4, 0.5) is 20.7 Å². The fraction of sp³-hybridized carbons (Fsp3) is 0.227. The van der Waals surface area contributed by atoms with E-state index in [-0.39, 0.29) is 11.8 Å². The number of piperazine rings is 1. The second-order valence-corrected chi connectivity index (χ2v) is 6.92. The maximum atomic E-state index is 13.3. The fourth-order valence-electron chi connectivity index (χ4n) is 3.34. The highest BCUT2D eigenvalue weighted by molar-refractivity contribution is 5.89. The number of carbonyl (C=O) groups is 1. The minimum absolute atomic E-state index is 0.236. The van der Waals surface area contributed by atoms with Crippen LogP contribution in [0.15, 0.2) is 60.7 Å². The summed E-state index contributed by atoms with van der Waals surface area (Å²) in [7, 11) is 1.63. The molecule has 30 heavy (non-hydrogen) atoms. The molecular formula is C22H22FN5O2. The summed E-state index contributed by atoms with van der Waals surface area (Å²) >= 11 is 0. The van der Waals surface area contributed by atoms with E-state index in [1.54, 1.807) is 24.1 Å². The molecule has 1 aliphatic rings. The maximum Gasteiger partial charge on any atom is 0.321 e.